The first-order chi connectivity index (χ1) is 11.1. The van der Waals surface area contributed by atoms with Crippen LogP contribution in [0.3, 0.4) is 0 Å². The van der Waals surface area contributed by atoms with Gasteiger partial charge in [-0.1, -0.05) is 24.3 Å². The van der Waals surface area contributed by atoms with Gasteiger partial charge in [0.25, 0.3) is 0 Å². The number of hydrogen-bond donors (Lipinski definition) is 0. The van der Waals surface area contributed by atoms with Gasteiger partial charge in [-0.25, -0.2) is 0 Å². The van der Waals surface area contributed by atoms with Crippen molar-refractivity contribution in [2.45, 2.75) is 13.5 Å². The van der Waals surface area contributed by atoms with Crippen molar-refractivity contribution in [2.24, 2.45) is 0 Å². The van der Waals surface area contributed by atoms with E-state index in [0.717, 1.165) is 0 Å². The molecule has 0 aromatic heterocycles. The number of ether oxygens (including phenoxy) is 1. The Balaban J connectivity index is 2.25. The fourth-order valence-electron chi connectivity index (χ4n) is 1.92. The fourth-order valence-corrected chi connectivity index (χ4v) is 2.21. The molecule has 0 N–H and O–H groups in total. The molecule has 0 saturated heterocycles. The van der Waals surface area contributed by atoms with Gasteiger partial charge < -0.3 is 4.74 Å². The summed E-state index contributed by atoms with van der Waals surface area (Å²) in [6.07, 6.45) is 1.45. The summed E-state index contributed by atoms with van der Waals surface area (Å²) >= 11 is 0. The Morgan fingerprint density at radius 2 is 2.00 bits per heavy atom. The third-order valence-electron chi connectivity index (χ3n) is 3.04. The largest absolute Gasteiger partial charge is 0.542 e. The van der Waals surface area contributed by atoms with E-state index < -0.39 is 13.6 Å². The Morgan fingerprint density at radius 3 is 2.65 bits per heavy atom. The molecule has 0 aliphatic heterocycles. The molecular weight excluding hydrogens is 317 g/mol. The highest BCUT2D eigenvalue weighted by molar-refractivity contribution is 7.17. The maximum Gasteiger partial charge on any atom is 0.542 e. The molecule has 0 heterocycles. The monoisotopic (exact) mass is 332 g/mol. The molecule has 0 fully saturated rings. The summed E-state index contributed by atoms with van der Waals surface area (Å²) in [4.78, 5) is 10.3. The van der Waals surface area contributed by atoms with Gasteiger partial charge in [0.2, 0.25) is 5.70 Å². The van der Waals surface area contributed by atoms with Gasteiger partial charge >= 0.3 is 8.69 Å². The van der Waals surface area contributed by atoms with Crippen molar-refractivity contribution in [1.82, 2.24) is 0 Å². The van der Waals surface area contributed by atoms with Gasteiger partial charge in [-0.2, -0.15) is 0 Å². The maximum atomic E-state index is 10.7. The van der Waals surface area contributed by atoms with E-state index in [-0.39, 0.29) is 12.3 Å². The van der Waals surface area contributed by atoms with E-state index in [0.29, 0.717) is 22.6 Å². The summed E-state index contributed by atoms with van der Waals surface area (Å²) in [5.41, 5.74) is 1.33. The summed E-state index contributed by atoms with van der Waals surface area (Å²) < 4.78 is 21.5. The molecule has 0 aliphatic rings. The molecule has 1 atom stereocenters. The number of nitro groups is 1. The van der Waals surface area contributed by atoms with Crippen LogP contribution in [0.5, 0.6) is 11.5 Å². The molecule has 2 aromatic carbocycles. The summed E-state index contributed by atoms with van der Waals surface area (Å²) in [6, 6.07) is 14.2. The lowest BCUT2D eigenvalue weighted by Crippen LogP contribution is -1.98. The van der Waals surface area contributed by atoms with Crippen LogP contribution in [-0.2, 0) is 11.2 Å². The Labute approximate surface area is 134 Å². The second-order valence-corrected chi connectivity index (χ2v) is 5.07. The molecule has 0 amide bonds. The summed E-state index contributed by atoms with van der Waals surface area (Å²) in [7, 11) is -0.938. The zero-order valence-electron chi connectivity index (χ0n) is 12.4. The molecule has 23 heavy (non-hydrogen) atoms. The van der Waals surface area contributed by atoms with Crippen molar-refractivity contribution in [2.75, 3.05) is 0 Å². The number of benzene rings is 2. The summed E-state index contributed by atoms with van der Waals surface area (Å²) in [5.74, 6) is 1.11. The van der Waals surface area contributed by atoms with E-state index in [1.54, 1.807) is 18.2 Å². The first kappa shape index (κ1) is 16.6. The second kappa shape index (κ2) is 8.06. The minimum Gasteiger partial charge on any atom is -0.489 e. The smallest absolute Gasteiger partial charge is 0.489 e. The van der Waals surface area contributed by atoms with Crippen molar-refractivity contribution < 1.29 is 18.7 Å². The van der Waals surface area contributed by atoms with Crippen LogP contribution in [0.4, 0.5) is 0 Å². The minimum atomic E-state index is -0.938. The third-order valence-corrected chi connectivity index (χ3v) is 3.34. The quantitative estimate of drug-likeness (QED) is 0.431. The van der Waals surface area contributed by atoms with Gasteiger partial charge in [0.15, 0.2) is 5.75 Å². The van der Waals surface area contributed by atoms with Crippen LogP contribution in [0.2, 0.25) is 0 Å². The highest BCUT2D eigenvalue weighted by atomic mass is 31.1. The topological polar surface area (TPSA) is 78.7 Å². The molecule has 118 valence electrons. The maximum absolute atomic E-state index is 10.7. The van der Waals surface area contributed by atoms with Crippen LogP contribution >= 0.6 is 8.69 Å². The first-order valence-corrected chi connectivity index (χ1v) is 7.59. The van der Waals surface area contributed by atoms with Crippen molar-refractivity contribution in [3.8, 4) is 11.5 Å². The normalized spacial score (nSPS) is 11.3. The van der Waals surface area contributed by atoms with Crippen LogP contribution in [0.25, 0.3) is 6.08 Å². The van der Waals surface area contributed by atoms with E-state index in [1.807, 2.05) is 30.3 Å². The molecule has 1 unspecified atom stereocenters. The summed E-state index contributed by atoms with van der Waals surface area (Å²) in [5, 5.41) is 10.7. The van der Waals surface area contributed by atoms with Crippen LogP contribution in [-0.4, -0.2) is 4.92 Å². The summed E-state index contributed by atoms with van der Waals surface area (Å²) in [6.45, 7) is 1.62. The minimum absolute atomic E-state index is 0.0271. The first-order valence-electron chi connectivity index (χ1n) is 6.77. The number of hydrogen-bond acceptors (Lipinski definition) is 5. The van der Waals surface area contributed by atoms with Crippen LogP contribution in [0, 0.1) is 10.1 Å². The molecular formula is C16H15NO5P+. The highest BCUT2D eigenvalue weighted by Gasteiger charge is 2.11. The fraction of sp³-hybridized carbons (Fsp3) is 0.125. The molecule has 0 radical (unpaired) electrons. The van der Waals surface area contributed by atoms with E-state index in [4.69, 9.17) is 9.26 Å². The molecule has 6 nitrogen and oxygen atoms in total. The molecule has 0 spiro atoms. The van der Waals surface area contributed by atoms with E-state index in [2.05, 4.69) is 0 Å². The van der Waals surface area contributed by atoms with Gasteiger partial charge in [-0.3, -0.25) is 14.6 Å². The van der Waals surface area contributed by atoms with Gasteiger partial charge in [0, 0.05) is 18.6 Å². The average molecular weight is 332 g/mol. The van der Waals surface area contributed by atoms with Crippen LogP contribution in [0.1, 0.15) is 18.1 Å². The molecule has 2 rings (SSSR count). The van der Waals surface area contributed by atoms with E-state index in [9.17, 15) is 14.7 Å². The van der Waals surface area contributed by atoms with Gasteiger partial charge in [0.1, 0.15) is 12.4 Å². The zero-order valence-corrected chi connectivity index (χ0v) is 13.4. The lowest BCUT2D eigenvalue weighted by molar-refractivity contribution is -0.422. The second-order valence-electron chi connectivity index (χ2n) is 4.70. The Morgan fingerprint density at radius 1 is 1.26 bits per heavy atom. The SMILES string of the molecule is CC(=Cc1ccc(O[PH+]=O)c(COc2ccccc2)c1)[N+](=O)[O-]. The molecule has 0 aliphatic carbocycles. The number of para-hydroxylation sites is 1. The molecule has 2 aromatic rings. The third kappa shape index (κ3) is 4.90. The highest BCUT2D eigenvalue weighted by Crippen LogP contribution is 2.26. The van der Waals surface area contributed by atoms with Gasteiger partial charge in [-0.15, -0.1) is 0 Å². The predicted molar refractivity (Wildman–Crippen MR) is 87.5 cm³/mol. The van der Waals surface area contributed by atoms with Crippen molar-refractivity contribution in [3.05, 3.63) is 75.5 Å². The van der Waals surface area contributed by atoms with Crippen molar-refractivity contribution in [3.63, 3.8) is 0 Å². The van der Waals surface area contributed by atoms with Gasteiger partial charge in [0.05, 0.1) is 4.92 Å². The van der Waals surface area contributed by atoms with Crippen molar-refractivity contribution >= 4 is 14.8 Å². The number of rotatable bonds is 7. The Hall–Kier alpha value is -2.72. The van der Waals surface area contributed by atoms with E-state index in [1.165, 1.54) is 13.0 Å². The van der Waals surface area contributed by atoms with Crippen LogP contribution in [0.15, 0.2) is 54.2 Å². The standard InChI is InChI=1S/C16H15NO5P/c1-12(17(18)19)9-13-7-8-16(22-23-20)14(10-13)11-21-15-5-3-2-4-6-15/h2-10,23H,11H2,1H3/q+1. The molecule has 0 saturated carbocycles. The van der Waals surface area contributed by atoms with Crippen LogP contribution < -0.4 is 9.26 Å². The van der Waals surface area contributed by atoms with E-state index >= 15 is 0 Å². The average Bonchev–Trinajstić information content (AvgIpc) is 2.56. The Kier molecular flexibility index (Phi) is 5.83. The Bertz CT molecular complexity index is 731. The van der Waals surface area contributed by atoms with Crippen molar-refractivity contribution in [1.29, 1.82) is 0 Å². The van der Waals surface area contributed by atoms with Gasteiger partial charge in [-0.05, 0) is 34.4 Å². The number of allylic oxidation sites excluding steroid dienone is 1. The lowest BCUT2D eigenvalue weighted by atomic mass is 10.1. The molecule has 0 bridgehead atoms. The number of nitrogens with zero attached hydrogens (tertiary/aromatic N) is 1. The molecule has 7 heteroatoms. The lowest BCUT2D eigenvalue weighted by Gasteiger charge is -2.08. The predicted octanol–water partition coefficient (Wildman–Crippen LogP) is 4.22. The zero-order chi connectivity index (χ0) is 16.7.